The van der Waals surface area contributed by atoms with Gasteiger partial charge in [-0.05, 0) is 53.2 Å². The number of benzene rings is 2. The fraction of sp³-hybridized carbons (Fsp3) is 0.417. The lowest BCUT2D eigenvalue weighted by Gasteiger charge is -2.39. The standard InChI is InChI=1S/C24H28BrN3O3/c1-15(29)26-22-13-23(31-2)20(12-21(22)25)24(30)27-17-10-18-8-9-19(11-17)28(18)14-16-6-4-3-5-7-16/h3-7,12-13,17-19H,8-11,14H2,1-2H3,(H,26,29)(H,27,30). The number of carbonyl (C=O) groups is 2. The summed E-state index contributed by atoms with van der Waals surface area (Å²) in [6.45, 7) is 2.42. The van der Waals surface area contributed by atoms with Crippen LogP contribution in [0, 0.1) is 0 Å². The van der Waals surface area contributed by atoms with Gasteiger partial charge in [-0.15, -0.1) is 0 Å². The molecule has 4 rings (SSSR count). The van der Waals surface area contributed by atoms with E-state index in [9.17, 15) is 9.59 Å². The highest BCUT2D eigenvalue weighted by Crippen LogP contribution is 2.37. The van der Waals surface area contributed by atoms with Gasteiger partial charge in [0.15, 0.2) is 0 Å². The zero-order chi connectivity index (χ0) is 22.0. The molecule has 2 atom stereocenters. The van der Waals surface area contributed by atoms with Gasteiger partial charge in [0, 0.05) is 42.1 Å². The van der Waals surface area contributed by atoms with Gasteiger partial charge < -0.3 is 15.4 Å². The minimum absolute atomic E-state index is 0.146. The number of nitrogens with zero attached hydrogens (tertiary/aromatic N) is 1. The van der Waals surface area contributed by atoms with E-state index in [1.165, 1.54) is 32.4 Å². The molecule has 0 spiro atoms. The van der Waals surface area contributed by atoms with Crippen molar-refractivity contribution in [3.05, 3.63) is 58.1 Å². The van der Waals surface area contributed by atoms with Crippen molar-refractivity contribution >= 4 is 33.4 Å². The first kappa shape index (κ1) is 21.8. The molecule has 0 aromatic heterocycles. The number of nitrogens with one attached hydrogen (secondary N) is 2. The monoisotopic (exact) mass is 485 g/mol. The molecule has 0 radical (unpaired) electrons. The first-order valence-electron chi connectivity index (χ1n) is 10.7. The van der Waals surface area contributed by atoms with E-state index in [0.29, 0.717) is 33.6 Å². The Labute approximate surface area is 191 Å². The second-order valence-electron chi connectivity index (χ2n) is 8.40. The molecular formula is C24H28BrN3O3. The summed E-state index contributed by atoms with van der Waals surface area (Å²) in [6, 6.07) is 15.1. The molecule has 2 bridgehead atoms. The fourth-order valence-corrected chi connectivity index (χ4v) is 5.34. The maximum absolute atomic E-state index is 13.1. The Hall–Kier alpha value is -2.38. The number of hydrogen-bond donors (Lipinski definition) is 2. The highest BCUT2D eigenvalue weighted by molar-refractivity contribution is 9.10. The molecular weight excluding hydrogens is 458 g/mol. The quantitative estimate of drug-likeness (QED) is 0.638. The number of ether oxygens (including phenoxy) is 1. The van der Waals surface area contributed by atoms with E-state index in [4.69, 9.17) is 4.74 Å². The summed E-state index contributed by atoms with van der Waals surface area (Å²) in [5, 5.41) is 5.97. The summed E-state index contributed by atoms with van der Waals surface area (Å²) < 4.78 is 6.07. The number of halogens is 1. The number of rotatable bonds is 6. The maximum Gasteiger partial charge on any atom is 0.255 e. The second-order valence-corrected chi connectivity index (χ2v) is 9.25. The first-order chi connectivity index (χ1) is 14.9. The Bertz CT molecular complexity index is 952. The normalized spacial score (nSPS) is 22.7. The van der Waals surface area contributed by atoms with Gasteiger partial charge in [-0.2, -0.15) is 0 Å². The molecule has 2 N–H and O–H groups in total. The number of hydrogen-bond acceptors (Lipinski definition) is 4. The van der Waals surface area contributed by atoms with Crippen molar-refractivity contribution in [2.45, 2.75) is 57.3 Å². The molecule has 0 aliphatic carbocycles. The molecule has 2 amide bonds. The van der Waals surface area contributed by atoms with Crippen molar-refractivity contribution < 1.29 is 14.3 Å². The van der Waals surface area contributed by atoms with Crippen molar-refractivity contribution in [1.82, 2.24) is 10.2 Å². The van der Waals surface area contributed by atoms with Gasteiger partial charge in [0.25, 0.3) is 5.91 Å². The van der Waals surface area contributed by atoms with Gasteiger partial charge in [0.1, 0.15) is 5.75 Å². The third kappa shape index (κ3) is 4.93. The third-order valence-electron chi connectivity index (χ3n) is 6.27. The van der Waals surface area contributed by atoms with Gasteiger partial charge in [0.05, 0.1) is 18.4 Å². The minimum Gasteiger partial charge on any atom is -0.496 e. The second kappa shape index (κ2) is 9.40. The van der Waals surface area contributed by atoms with Gasteiger partial charge >= 0.3 is 0 Å². The van der Waals surface area contributed by atoms with Crippen LogP contribution in [0.3, 0.4) is 0 Å². The van der Waals surface area contributed by atoms with E-state index in [1.54, 1.807) is 12.1 Å². The summed E-state index contributed by atoms with van der Waals surface area (Å²) in [7, 11) is 1.53. The number of fused-ring (bicyclic) bond motifs is 2. The van der Waals surface area contributed by atoms with Crippen molar-refractivity contribution in [2.24, 2.45) is 0 Å². The number of piperidine rings is 1. The lowest BCUT2D eigenvalue weighted by Crippen LogP contribution is -2.50. The van der Waals surface area contributed by atoms with Crippen LogP contribution in [0.5, 0.6) is 5.75 Å². The van der Waals surface area contributed by atoms with E-state index in [2.05, 4.69) is 61.8 Å². The molecule has 2 aliphatic heterocycles. The van der Waals surface area contributed by atoms with Crippen LogP contribution in [0.15, 0.2) is 46.9 Å². The molecule has 2 saturated heterocycles. The van der Waals surface area contributed by atoms with Crippen LogP contribution in [0.4, 0.5) is 5.69 Å². The summed E-state index contributed by atoms with van der Waals surface area (Å²) in [4.78, 5) is 27.1. The third-order valence-corrected chi connectivity index (χ3v) is 6.93. The van der Waals surface area contributed by atoms with Crippen LogP contribution in [-0.2, 0) is 11.3 Å². The SMILES string of the molecule is COc1cc(NC(C)=O)c(Br)cc1C(=O)NC1CC2CCC(C1)N2Cc1ccccc1. The summed E-state index contributed by atoms with van der Waals surface area (Å²) >= 11 is 3.44. The fourth-order valence-electron chi connectivity index (χ4n) is 4.89. The molecule has 2 unspecified atom stereocenters. The van der Waals surface area contributed by atoms with Gasteiger partial charge in [-0.3, -0.25) is 14.5 Å². The number of anilines is 1. The van der Waals surface area contributed by atoms with Crippen molar-refractivity contribution in [2.75, 3.05) is 12.4 Å². The molecule has 2 aromatic carbocycles. The maximum atomic E-state index is 13.1. The van der Waals surface area contributed by atoms with E-state index >= 15 is 0 Å². The van der Waals surface area contributed by atoms with Crippen LogP contribution in [0.2, 0.25) is 0 Å². The molecule has 2 aromatic rings. The molecule has 6 nitrogen and oxygen atoms in total. The molecule has 2 heterocycles. The largest absolute Gasteiger partial charge is 0.496 e. The average molecular weight is 486 g/mol. The topological polar surface area (TPSA) is 70.7 Å². The summed E-state index contributed by atoms with van der Waals surface area (Å²) in [5.41, 5.74) is 2.38. The zero-order valence-electron chi connectivity index (χ0n) is 17.9. The Morgan fingerprint density at radius 3 is 2.42 bits per heavy atom. The predicted octanol–water partition coefficient (Wildman–Crippen LogP) is 4.34. The first-order valence-corrected chi connectivity index (χ1v) is 11.5. The Morgan fingerprint density at radius 2 is 1.81 bits per heavy atom. The van der Waals surface area contributed by atoms with Gasteiger partial charge in [-0.1, -0.05) is 30.3 Å². The Balaban J connectivity index is 1.43. The van der Waals surface area contributed by atoms with E-state index in [-0.39, 0.29) is 17.9 Å². The Morgan fingerprint density at radius 1 is 1.13 bits per heavy atom. The van der Waals surface area contributed by atoms with Crippen LogP contribution in [-0.4, -0.2) is 41.9 Å². The van der Waals surface area contributed by atoms with Crippen LogP contribution in [0.1, 0.15) is 48.5 Å². The van der Waals surface area contributed by atoms with E-state index < -0.39 is 0 Å². The van der Waals surface area contributed by atoms with Crippen molar-refractivity contribution in [1.29, 1.82) is 0 Å². The minimum atomic E-state index is -0.183. The number of carbonyl (C=O) groups excluding carboxylic acids is 2. The number of methoxy groups -OCH3 is 1. The van der Waals surface area contributed by atoms with Crippen molar-refractivity contribution in [3.8, 4) is 5.75 Å². The van der Waals surface area contributed by atoms with Crippen LogP contribution < -0.4 is 15.4 Å². The van der Waals surface area contributed by atoms with Gasteiger partial charge in [-0.25, -0.2) is 0 Å². The van der Waals surface area contributed by atoms with Crippen molar-refractivity contribution in [3.63, 3.8) is 0 Å². The molecule has 31 heavy (non-hydrogen) atoms. The average Bonchev–Trinajstić information content (AvgIpc) is 2.97. The van der Waals surface area contributed by atoms with E-state index in [1.807, 2.05) is 0 Å². The molecule has 164 valence electrons. The Kier molecular flexibility index (Phi) is 6.62. The molecule has 0 saturated carbocycles. The van der Waals surface area contributed by atoms with Crippen LogP contribution in [0.25, 0.3) is 0 Å². The lowest BCUT2D eigenvalue weighted by molar-refractivity contribution is -0.114. The smallest absolute Gasteiger partial charge is 0.255 e. The zero-order valence-corrected chi connectivity index (χ0v) is 19.4. The van der Waals surface area contributed by atoms with Crippen LogP contribution >= 0.6 is 15.9 Å². The lowest BCUT2D eigenvalue weighted by atomic mass is 9.96. The highest BCUT2D eigenvalue weighted by Gasteiger charge is 2.41. The summed E-state index contributed by atoms with van der Waals surface area (Å²) in [5.74, 6) is 0.111. The predicted molar refractivity (Wildman–Crippen MR) is 124 cm³/mol. The molecule has 7 heteroatoms. The molecule has 2 fully saturated rings. The van der Waals surface area contributed by atoms with Gasteiger partial charge in [0.2, 0.25) is 5.91 Å². The molecule has 2 aliphatic rings. The number of amides is 2. The summed E-state index contributed by atoms with van der Waals surface area (Å²) in [6.07, 6.45) is 4.29. The highest BCUT2D eigenvalue weighted by atomic mass is 79.9. The van der Waals surface area contributed by atoms with E-state index in [0.717, 1.165) is 19.4 Å².